The molecule has 1 fully saturated rings. The second kappa shape index (κ2) is 7.42. The van der Waals surface area contributed by atoms with E-state index >= 15 is 0 Å². The van der Waals surface area contributed by atoms with Gasteiger partial charge < -0.3 is 14.6 Å². The number of H-pyrrole nitrogens is 1. The molecule has 1 atom stereocenters. The first-order valence-corrected chi connectivity index (χ1v) is 10.8. The van der Waals surface area contributed by atoms with E-state index in [1.807, 2.05) is 42.2 Å². The largest absolute Gasteiger partial charge is 0.377 e. The van der Waals surface area contributed by atoms with E-state index in [-0.39, 0.29) is 6.04 Å². The topological polar surface area (TPSA) is 84.8 Å². The molecule has 0 saturated carbocycles. The van der Waals surface area contributed by atoms with Crippen LogP contribution in [0.4, 0.5) is 5.82 Å². The SMILES string of the molecule is C[C@@H]1COCCN1c1nc(-c2cccc3[nH]ccc23)nc2ccc(-c3ccnn3C)nc12. The molecular formula is C24H23N7O. The predicted molar refractivity (Wildman–Crippen MR) is 124 cm³/mol. The molecule has 0 spiro atoms. The molecule has 0 unspecified atom stereocenters. The Bertz CT molecular complexity index is 1440. The van der Waals surface area contributed by atoms with Gasteiger partial charge in [0.25, 0.3) is 0 Å². The summed E-state index contributed by atoms with van der Waals surface area (Å²) in [7, 11) is 1.92. The van der Waals surface area contributed by atoms with Crippen LogP contribution in [0.3, 0.4) is 0 Å². The number of rotatable bonds is 3. The van der Waals surface area contributed by atoms with Crippen LogP contribution in [0, 0.1) is 0 Å². The van der Waals surface area contributed by atoms with Crippen molar-refractivity contribution in [3.63, 3.8) is 0 Å². The van der Waals surface area contributed by atoms with Crippen molar-refractivity contribution in [1.29, 1.82) is 0 Å². The summed E-state index contributed by atoms with van der Waals surface area (Å²) in [5.74, 6) is 1.55. The van der Waals surface area contributed by atoms with Crippen LogP contribution in [0.15, 0.2) is 54.9 Å². The highest BCUT2D eigenvalue weighted by Gasteiger charge is 2.25. The fraction of sp³-hybridized carbons (Fsp3) is 0.250. The Balaban J connectivity index is 1.60. The van der Waals surface area contributed by atoms with Crippen LogP contribution < -0.4 is 4.90 Å². The second-order valence-corrected chi connectivity index (χ2v) is 8.14. The van der Waals surface area contributed by atoms with Crippen molar-refractivity contribution in [3.05, 3.63) is 54.9 Å². The van der Waals surface area contributed by atoms with Crippen LogP contribution in [-0.4, -0.2) is 55.5 Å². The molecule has 0 aliphatic carbocycles. The van der Waals surface area contributed by atoms with Crippen LogP contribution in [-0.2, 0) is 11.8 Å². The van der Waals surface area contributed by atoms with Crippen molar-refractivity contribution >= 4 is 27.8 Å². The maximum absolute atomic E-state index is 5.68. The number of nitrogens with one attached hydrogen (secondary N) is 1. The van der Waals surface area contributed by atoms with Crippen LogP contribution in [0.1, 0.15) is 6.92 Å². The highest BCUT2D eigenvalue weighted by molar-refractivity contribution is 5.96. The predicted octanol–water partition coefficient (Wildman–Crippen LogP) is 3.80. The molecule has 8 nitrogen and oxygen atoms in total. The zero-order valence-corrected chi connectivity index (χ0v) is 18.0. The number of pyridine rings is 1. The first-order chi connectivity index (χ1) is 15.7. The lowest BCUT2D eigenvalue weighted by atomic mass is 10.1. The lowest BCUT2D eigenvalue weighted by Gasteiger charge is -2.34. The Morgan fingerprint density at radius 2 is 2.00 bits per heavy atom. The van der Waals surface area contributed by atoms with Crippen LogP contribution in [0.2, 0.25) is 0 Å². The van der Waals surface area contributed by atoms with Gasteiger partial charge in [-0.2, -0.15) is 5.10 Å². The first-order valence-electron chi connectivity index (χ1n) is 10.8. The normalized spacial score (nSPS) is 16.8. The van der Waals surface area contributed by atoms with Gasteiger partial charge in [0.15, 0.2) is 11.6 Å². The maximum Gasteiger partial charge on any atom is 0.162 e. The number of hydrogen-bond acceptors (Lipinski definition) is 6. The van der Waals surface area contributed by atoms with Gasteiger partial charge in [0, 0.05) is 42.5 Å². The Morgan fingerprint density at radius 3 is 2.84 bits per heavy atom. The lowest BCUT2D eigenvalue weighted by Crippen LogP contribution is -2.44. The average molecular weight is 425 g/mol. The minimum absolute atomic E-state index is 0.194. The summed E-state index contributed by atoms with van der Waals surface area (Å²) in [6.45, 7) is 4.25. The number of hydrogen-bond donors (Lipinski definition) is 1. The average Bonchev–Trinajstić information content (AvgIpc) is 3.47. The quantitative estimate of drug-likeness (QED) is 0.473. The van der Waals surface area contributed by atoms with Crippen molar-refractivity contribution < 1.29 is 4.74 Å². The van der Waals surface area contributed by atoms with Crippen LogP contribution in [0.25, 0.3) is 44.7 Å². The molecule has 1 aliphatic rings. The smallest absolute Gasteiger partial charge is 0.162 e. The van der Waals surface area contributed by atoms with Crippen molar-refractivity contribution in [1.82, 2.24) is 29.7 Å². The summed E-state index contributed by atoms with van der Waals surface area (Å²) in [5, 5.41) is 5.39. The molecule has 5 heterocycles. The van der Waals surface area contributed by atoms with Crippen LogP contribution >= 0.6 is 0 Å². The summed E-state index contributed by atoms with van der Waals surface area (Å²) < 4.78 is 7.51. The number of aromatic nitrogens is 6. The highest BCUT2D eigenvalue weighted by atomic mass is 16.5. The number of anilines is 1. The maximum atomic E-state index is 5.68. The molecule has 0 bridgehead atoms. The van der Waals surface area contributed by atoms with Crippen molar-refractivity contribution in [2.24, 2.45) is 7.05 Å². The van der Waals surface area contributed by atoms with Gasteiger partial charge in [0.05, 0.1) is 36.2 Å². The Morgan fingerprint density at radius 1 is 1.06 bits per heavy atom. The summed E-state index contributed by atoms with van der Waals surface area (Å²) in [5.41, 5.74) is 5.49. The molecule has 1 saturated heterocycles. The summed E-state index contributed by atoms with van der Waals surface area (Å²) in [6.07, 6.45) is 3.73. The number of aryl methyl sites for hydroxylation is 1. The van der Waals surface area contributed by atoms with Gasteiger partial charge in [-0.15, -0.1) is 0 Å². The number of ether oxygens (including phenoxy) is 1. The van der Waals surface area contributed by atoms with E-state index in [4.69, 9.17) is 19.7 Å². The molecule has 8 heteroatoms. The molecule has 1 N–H and O–H groups in total. The van der Waals surface area contributed by atoms with E-state index in [1.165, 1.54) is 0 Å². The zero-order chi connectivity index (χ0) is 21.7. The lowest BCUT2D eigenvalue weighted by molar-refractivity contribution is 0.0987. The molecule has 5 aromatic rings. The highest BCUT2D eigenvalue weighted by Crippen LogP contribution is 2.32. The summed E-state index contributed by atoms with van der Waals surface area (Å²) >= 11 is 0. The number of aromatic amines is 1. The second-order valence-electron chi connectivity index (χ2n) is 8.14. The third-order valence-corrected chi connectivity index (χ3v) is 6.08. The van der Waals surface area contributed by atoms with Crippen molar-refractivity contribution in [2.75, 3.05) is 24.7 Å². The molecule has 1 aliphatic heterocycles. The number of nitrogens with zero attached hydrogens (tertiary/aromatic N) is 6. The first kappa shape index (κ1) is 18.9. The number of fused-ring (bicyclic) bond motifs is 2. The van der Waals surface area contributed by atoms with E-state index in [0.29, 0.717) is 19.0 Å². The van der Waals surface area contributed by atoms with Gasteiger partial charge in [-0.25, -0.2) is 15.0 Å². The van der Waals surface area contributed by atoms with E-state index in [2.05, 4.69) is 40.1 Å². The van der Waals surface area contributed by atoms with E-state index in [0.717, 1.165) is 51.3 Å². The third kappa shape index (κ3) is 3.03. The van der Waals surface area contributed by atoms with E-state index in [9.17, 15) is 0 Å². The molecular weight excluding hydrogens is 402 g/mol. The van der Waals surface area contributed by atoms with E-state index in [1.54, 1.807) is 6.20 Å². The third-order valence-electron chi connectivity index (χ3n) is 6.08. The molecule has 32 heavy (non-hydrogen) atoms. The molecule has 1 aromatic carbocycles. The minimum atomic E-state index is 0.194. The molecule has 160 valence electrons. The number of benzene rings is 1. The fourth-order valence-electron chi connectivity index (χ4n) is 4.41. The summed E-state index contributed by atoms with van der Waals surface area (Å²) in [6, 6.07) is 14.4. The Hall–Kier alpha value is -3.78. The van der Waals surface area contributed by atoms with Crippen molar-refractivity contribution in [3.8, 4) is 22.8 Å². The monoisotopic (exact) mass is 425 g/mol. The van der Waals surface area contributed by atoms with Gasteiger partial charge in [-0.3, -0.25) is 4.68 Å². The standard InChI is InChI=1S/C24H23N7O/c1-15-14-32-13-12-31(15)24-22-20(7-6-19(27-22)21-9-11-26-30(21)2)28-23(29-24)17-4-3-5-18-16(17)8-10-25-18/h3-11,15,25H,12-14H2,1-2H3/t15-/m1/s1. The van der Waals surface area contributed by atoms with E-state index < -0.39 is 0 Å². The molecule has 4 aromatic heterocycles. The molecule has 0 radical (unpaired) electrons. The molecule has 0 amide bonds. The Kier molecular flexibility index (Phi) is 4.39. The van der Waals surface area contributed by atoms with Crippen LogP contribution in [0.5, 0.6) is 0 Å². The number of morpholine rings is 1. The van der Waals surface area contributed by atoms with Gasteiger partial charge in [-0.1, -0.05) is 12.1 Å². The fourth-order valence-corrected chi connectivity index (χ4v) is 4.41. The molecule has 6 rings (SSSR count). The van der Waals surface area contributed by atoms with Gasteiger partial charge in [0.1, 0.15) is 5.52 Å². The van der Waals surface area contributed by atoms with Gasteiger partial charge in [-0.05, 0) is 37.3 Å². The Labute approximate surface area is 184 Å². The minimum Gasteiger partial charge on any atom is -0.377 e. The van der Waals surface area contributed by atoms with Crippen molar-refractivity contribution in [2.45, 2.75) is 13.0 Å². The summed E-state index contributed by atoms with van der Waals surface area (Å²) in [4.78, 5) is 20.6. The van der Waals surface area contributed by atoms with Gasteiger partial charge >= 0.3 is 0 Å². The van der Waals surface area contributed by atoms with Gasteiger partial charge in [0.2, 0.25) is 0 Å². The zero-order valence-electron chi connectivity index (χ0n) is 18.0.